The van der Waals surface area contributed by atoms with E-state index in [2.05, 4.69) is 72.4 Å². The third-order valence-electron chi connectivity index (χ3n) is 5.28. The van der Waals surface area contributed by atoms with Crippen LogP contribution in [0.3, 0.4) is 0 Å². The third kappa shape index (κ3) is 4.47. The van der Waals surface area contributed by atoms with E-state index in [-0.39, 0.29) is 0 Å². The Bertz CT molecular complexity index is 1100. The molecule has 0 amide bonds. The lowest BCUT2D eigenvalue weighted by molar-refractivity contribution is 0.318. The molecule has 4 rings (SSSR count). The first-order valence-electron chi connectivity index (χ1n) is 10.3. The molecule has 0 radical (unpaired) electrons. The average molecular weight is 398 g/mol. The summed E-state index contributed by atoms with van der Waals surface area (Å²) in [4.78, 5) is 11.3. The fourth-order valence-electron chi connectivity index (χ4n) is 3.70. The minimum atomic E-state index is 0.794. The number of nitrogens with zero attached hydrogens (tertiary/aromatic N) is 5. The van der Waals surface area contributed by atoms with E-state index in [1.54, 1.807) is 0 Å². The predicted molar refractivity (Wildman–Crippen MR) is 121 cm³/mol. The lowest BCUT2D eigenvalue weighted by atomic mass is 10.0. The molecule has 1 aromatic carbocycles. The van der Waals surface area contributed by atoms with Gasteiger partial charge in [-0.15, -0.1) is 0 Å². The second-order valence-electron chi connectivity index (χ2n) is 7.60. The summed E-state index contributed by atoms with van der Waals surface area (Å²) in [6.45, 7) is 6.72. The van der Waals surface area contributed by atoms with Gasteiger partial charge < -0.3 is 0 Å². The molecule has 0 saturated heterocycles. The SMILES string of the molecule is CCn1cc(CN(C)Cc2cc(-c3ccccc3)cnc2-c2ccncc2)c(C)n1. The summed E-state index contributed by atoms with van der Waals surface area (Å²) in [5, 5.41) is 4.58. The van der Waals surface area contributed by atoms with Crippen LogP contribution in [0.2, 0.25) is 0 Å². The van der Waals surface area contributed by atoms with Gasteiger partial charge in [-0.2, -0.15) is 5.10 Å². The van der Waals surface area contributed by atoms with Gasteiger partial charge in [-0.3, -0.25) is 19.5 Å². The van der Waals surface area contributed by atoms with Gasteiger partial charge >= 0.3 is 0 Å². The van der Waals surface area contributed by atoms with Crippen LogP contribution in [0.15, 0.2) is 73.3 Å². The quantitative estimate of drug-likeness (QED) is 0.442. The first-order valence-corrected chi connectivity index (χ1v) is 10.3. The van der Waals surface area contributed by atoms with E-state index in [1.165, 1.54) is 16.7 Å². The van der Waals surface area contributed by atoms with Crippen molar-refractivity contribution >= 4 is 0 Å². The summed E-state index contributed by atoms with van der Waals surface area (Å²) in [5.74, 6) is 0. The maximum atomic E-state index is 4.85. The zero-order valence-corrected chi connectivity index (χ0v) is 17.8. The van der Waals surface area contributed by atoms with Crippen LogP contribution in [0.4, 0.5) is 0 Å². The number of pyridine rings is 2. The van der Waals surface area contributed by atoms with Crippen molar-refractivity contribution < 1.29 is 0 Å². The zero-order chi connectivity index (χ0) is 20.9. The molecule has 0 atom stereocenters. The van der Waals surface area contributed by atoms with Gasteiger partial charge in [0.25, 0.3) is 0 Å². The summed E-state index contributed by atoms with van der Waals surface area (Å²) in [5.41, 5.74) is 7.95. The Morgan fingerprint density at radius 1 is 0.900 bits per heavy atom. The highest BCUT2D eigenvalue weighted by molar-refractivity contribution is 5.69. The number of rotatable bonds is 7. The highest BCUT2D eigenvalue weighted by Gasteiger charge is 2.13. The second kappa shape index (κ2) is 9.01. The lowest BCUT2D eigenvalue weighted by Gasteiger charge is -2.19. The van der Waals surface area contributed by atoms with Gasteiger partial charge in [0.05, 0.1) is 11.4 Å². The molecule has 0 aliphatic rings. The molecule has 0 bridgehead atoms. The van der Waals surface area contributed by atoms with Gasteiger partial charge in [-0.25, -0.2) is 0 Å². The molecule has 0 aliphatic carbocycles. The van der Waals surface area contributed by atoms with Crippen LogP contribution in [0.5, 0.6) is 0 Å². The summed E-state index contributed by atoms with van der Waals surface area (Å²) < 4.78 is 2.00. The Hall–Kier alpha value is -3.31. The summed E-state index contributed by atoms with van der Waals surface area (Å²) >= 11 is 0. The largest absolute Gasteiger partial charge is 0.298 e. The van der Waals surface area contributed by atoms with Crippen molar-refractivity contribution in [2.24, 2.45) is 0 Å². The van der Waals surface area contributed by atoms with E-state index >= 15 is 0 Å². The molecule has 0 saturated carbocycles. The summed E-state index contributed by atoms with van der Waals surface area (Å²) in [7, 11) is 2.15. The molecule has 0 N–H and O–H groups in total. The van der Waals surface area contributed by atoms with E-state index in [1.807, 2.05) is 41.5 Å². The predicted octanol–water partition coefficient (Wildman–Crippen LogP) is 4.97. The van der Waals surface area contributed by atoms with Crippen molar-refractivity contribution in [3.8, 4) is 22.4 Å². The summed E-state index contributed by atoms with van der Waals surface area (Å²) in [6, 6.07) is 16.7. The number of aromatic nitrogens is 4. The van der Waals surface area contributed by atoms with E-state index in [0.29, 0.717) is 0 Å². The lowest BCUT2D eigenvalue weighted by Crippen LogP contribution is -2.18. The highest BCUT2D eigenvalue weighted by Crippen LogP contribution is 2.27. The monoisotopic (exact) mass is 397 g/mol. The van der Waals surface area contributed by atoms with E-state index < -0.39 is 0 Å². The van der Waals surface area contributed by atoms with Crippen molar-refractivity contribution in [1.82, 2.24) is 24.6 Å². The molecule has 5 nitrogen and oxygen atoms in total. The van der Waals surface area contributed by atoms with Gasteiger partial charge in [-0.05, 0) is 50.2 Å². The van der Waals surface area contributed by atoms with Gasteiger partial charge in [-0.1, -0.05) is 30.3 Å². The first-order chi connectivity index (χ1) is 14.6. The van der Waals surface area contributed by atoms with Crippen LogP contribution >= 0.6 is 0 Å². The van der Waals surface area contributed by atoms with Crippen LogP contribution in [0, 0.1) is 6.92 Å². The van der Waals surface area contributed by atoms with Crippen molar-refractivity contribution in [1.29, 1.82) is 0 Å². The Kier molecular flexibility index (Phi) is 6.00. The molecule has 0 aliphatic heterocycles. The molecular formula is C25H27N5. The third-order valence-corrected chi connectivity index (χ3v) is 5.28. The maximum absolute atomic E-state index is 4.85. The van der Waals surface area contributed by atoms with Crippen molar-refractivity contribution in [3.63, 3.8) is 0 Å². The number of aryl methyl sites for hydroxylation is 2. The first kappa shape index (κ1) is 20.0. The van der Waals surface area contributed by atoms with E-state index in [0.717, 1.165) is 42.1 Å². The van der Waals surface area contributed by atoms with Crippen LogP contribution < -0.4 is 0 Å². The molecule has 3 aromatic heterocycles. The minimum absolute atomic E-state index is 0.794. The molecule has 5 heteroatoms. The minimum Gasteiger partial charge on any atom is -0.298 e. The van der Waals surface area contributed by atoms with Crippen molar-refractivity contribution in [2.45, 2.75) is 33.5 Å². The molecule has 4 aromatic rings. The number of hydrogen-bond acceptors (Lipinski definition) is 4. The fourth-order valence-corrected chi connectivity index (χ4v) is 3.70. The zero-order valence-electron chi connectivity index (χ0n) is 17.8. The number of hydrogen-bond donors (Lipinski definition) is 0. The van der Waals surface area contributed by atoms with E-state index in [9.17, 15) is 0 Å². The normalized spacial score (nSPS) is 11.2. The van der Waals surface area contributed by atoms with Crippen molar-refractivity contribution in [3.05, 3.63) is 90.1 Å². The van der Waals surface area contributed by atoms with Crippen molar-refractivity contribution in [2.75, 3.05) is 7.05 Å². The molecular weight excluding hydrogens is 370 g/mol. The van der Waals surface area contributed by atoms with Gasteiger partial charge in [0, 0.05) is 61.1 Å². The Labute approximate surface area is 178 Å². The molecule has 0 spiro atoms. The molecule has 0 unspecified atom stereocenters. The van der Waals surface area contributed by atoms with Crippen LogP contribution in [0.1, 0.15) is 23.7 Å². The molecule has 152 valence electrons. The van der Waals surface area contributed by atoms with Crippen LogP contribution in [0.25, 0.3) is 22.4 Å². The van der Waals surface area contributed by atoms with Gasteiger partial charge in [0.1, 0.15) is 0 Å². The van der Waals surface area contributed by atoms with E-state index in [4.69, 9.17) is 4.98 Å². The molecule has 30 heavy (non-hydrogen) atoms. The highest BCUT2D eigenvalue weighted by atomic mass is 15.3. The topological polar surface area (TPSA) is 46.8 Å². The number of benzene rings is 1. The summed E-state index contributed by atoms with van der Waals surface area (Å²) in [6.07, 6.45) is 7.74. The van der Waals surface area contributed by atoms with Gasteiger partial charge in [0.2, 0.25) is 0 Å². The second-order valence-corrected chi connectivity index (χ2v) is 7.60. The smallest absolute Gasteiger partial charge is 0.0748 e. The fraction of sp³-hybridized carbons (Fsp3) is 0.240. The Balaban J connectivity index is 1.65. The Morgan fingerprint density at radius 2 is 1.63 bits per heavy atom. The molecule has 3 heterocycles. The van der Waals surface area contributed by atoms with Crippen LogP contribution in [-0.4, -0.2) is 31.7 Å². The average Bonchev–Trinajstić information content (AvgIpc) is 3.14. The standard InChI is InChI=1S/C25H27N5/c1-4-30-18-24(19(2)28-30)17-29(3)16-23-14-22(20-8-6-5-7-9-20)15-27-25(23)21-10-12-26-13-11-21/h5-15,18H,4,16-17H2,1-3H3. The van der Waals surface area contributed by atoms with Gasteiger partial charge in [0.15, 0.2) is 0 Å². The Morgan fingerprint density at radius 3 is 2.33 bits per heavy atom. The maximum Gasteiger partial charge on any atom is 0.0748 e. The van der Waals surface area contributed by atoms with Crippen LogP contribution in [-0.2, 0) is 19.6 Å². The molecule has 0 fully saturated rings.